The molecule has 0 radical (unpaired) electrons. The fourth-order valence-electron chi connectivity index (χ4n) is 4.91. The minimum absolute atomic E-state index is 0.631. The summed E-state index contributed by atoms with van der Waals surface area (Å²) in [6.07, 6.45) is 7.41. The highest BCUT2D eigenvalue weighted by atomic mass is 15.3. The molecular formula is C14H24N2. The fourth-order valence-corrected chi connectivity index (χ4v) is 4.91. The Balaban J connectivity index is 1.64. The van der Waals surface area contributed by atoms with E-state index in [9.17, 15) is 0 Å². The van der Waals surface area contributed by atoms with Crippen LogP contribution < -0.4 is 0 Å². The molecule has 0 N–H and O–H groups in total. The molecule has 0 aromatic rings. The largest absolute Gasteiger partial charge is 0.301 e. The van der Waals surface area contributed by atoms with Crippen LogP contribution in [-0.2, 0) is 0 Å². The van der Waals surface area contributed by atoms with E-state index in [0.29, 0.717) is 5.54 Å². The van der Waals surface area contributed by atoms with Crippen molar-refractivity contribution in [3.63, 3.8) is 0 Å². The van der Waals surface area contributed by atoms with Gasteiger partial charge in [0.15, 0.2) is 0 Å². The number of fused-ring (bicyclic) bond motifs is 2. The Morgan fingerprint density at radius 3 is 2.44 bits per heavy atom. The summed E-state index contributed by atoms with van der Waals surface area (Å²) in [5.74, 6) is 2.03. The molecular weight excluding hydrogens is 196 g/mol. The fraction of sp³-hybridized carbons (Fsp3) is 1.00. The summed E-state index contributed by atoms with van der Waals surface area (Å²) in [6.45, 7) is 8.03. The van der Waals surface area contributed by atoms with Crippen molar-refractivity contribution < 1.29 is 0 Å². The van der Waals surface area contributed by atoms with Crippen molar-refractivity contribution in [3.8, 4) is 0 Å². The molecule has 4 heterocycles. The smallest absolute Gasteiger partial charge is 0.0369 e. The van der Waals surface area contributed by atoms with Gasteiger partial charge in [0.05, 0.1) is 0 Å². The van der Waals surface area contributed by atoms with Gasteiger partial charge in [-0.1, -0.05) is 6.92 Å². The van der Waals surface area contributed by atoms with Gasteiger partial charge in [-0.2, -0.15) is 0 Å². The van der Waals surface area contributed by atoms with Crippen molar-refractivity contribution in [2.75, 3.05) is 26.2 Å². The molecule has 5 aliphatic rings. The van der Waals surface area contributed by atoms with Gasteiger partial charge in [-0.15, -0.1) is 0 Å². The summed E-state index contributed by atoms with van der Waals surface area (Å²) >= 11 is 0. The average Bonchev–Trinajstić information content (AvgIpc) is 2.89. The molecule has 1 spiro atoms. The van der Waals surface area contributed by atoms with E-state index in [0.717, 1.165) is 17.9 Å². The number of piperidine rings is 3. The first-order valence-electron chi connectivity index (χ1n) is 7.29. The molecule has 4 saturated heterocycles. The number of hydrogen-bond acceptors (Lipinski definition) is 2. The predicted octanol–water partition coefficient (Wildman–Crippen LogP) is 1.96. The monoisotopic (exact) mass is 220 g/mol. The number of rotatable bonds is 1. The predicted molar refractivity (Wildman–Crippen MR) is 65.4 cm³/mol. The number of likely N-dealkylation sites (tertiary alicyclic amines) is 1. The molecule has 0 aromatic heterocycles. The van der Waals surface area contributed by atoms with E-state index in [4.69, 9.17) is 0 Å². The van der Waals surface area contributed by atoms with Gasteiger partial charge in [-0.05, 0) is 63.6 Å². The maximum atomic E-state index is 2.95. The zero-order chi connectivity index (χ0) is 10.8. The summed E-state index contributed by atoms with van der Waals surface area (Å²) in [5, 5.41) is 0. The zero-order valence-electron chi connectivity index (χ0n) is 10.5. The third-order valence-corrected chi connectivity index (χ3v) is 5.89. The first-order chi connectivity index (χ1) is 7.79. The zero-order valence-corrected chi connectivity index (χ0v) is 10.5. The van der Waals surface area contributed by atoms with Gasteiger partial charge in [0, 0.05) is 18.1 Å². The van der Waals surface area contributed by atoms with Gasteiger partial charge in [0.25, 0.3) is 0 Å². The number of hydrogen-bond donors (Lipinski definition) is 0. The van der Waals surface area contributed by atoms with Gasteiger partial charge < -0.3 is 4.90 Å². The van der Waals surface area contributed by atoms with Crippen LogP contribution in [-0.4, -0.2) is 47.6 Å². The van der Waals surface area contributed by atoms with Gasteiger partial charge >= 0.3 is 0 Å². The van der Waals surface area contributed by atoms with Crippen molar-refractivity contribution in [1.29, 1.82) is 0 Å². The third kappa shape index (κ3) is 1.20. The van der Waals surface area contributed by atoms with Crippen LogP contribution in [0, 0.1) is 11.8 Å². The molecule has 1 saturated carbocycles. The van der Waals surface area contributed by atoms with Crippen LogP contribution in [0.4, 0.5) is 0 Å². The maximum absolute atomic E-state index is 2.95. The minimum Gasteiger partial charge on any atom is -0.301 e. The van der Waals surface area contributed by atoms with E-state index in [1.807, 2.05) is 0 Å². The second-order valence-corrected chi connectivity index (χ2v) is 6.73. The summed E-state index contributed by atoms with van der Waals surface area (Å²) in [4.78, 5) is 5.69. The molecule has 1 aliphatic carbocycles. The van der Waals surface area contributed by atoms with Crippen LogP contribution >= 0.6 is 0 Å². The Morgan fingerprint density at radius 1 is 1.12 bits per heavy atom. The lowest BCUT2D eigenvalue weighted by atomic mass is 9.71. The molecule has 3 unspecified atom stereocenters. The van der Waals surface area contributed by atoms with Crippen molar-refractivity contribution >= 4 is 0 Å². The Hall–Kier alpha value is -0.0800. The molecule has 0 amide bonds. The second kappa shape index (κ2) is 3.23. The lowest BCUT2D eigenvalue weighted by Crippen LogP contribution is -2.65. The second-order valence-electron chi connectivity index (χ2n) is 6.73. The van der Waals surface area contributed by atoms with E-state index in [1.54, 1.807) is 0 Å². The van der Waals surface area contributed by atoms with Crippen molar-refractivity contribution in [2.45, 2.75) is 50.6 Å². The summed E-state index contributed by atoms with van der Waals surface area (Å²) in [7, 11) is 0. The molecule has 5 rings (SSSR count). The molecule has 0 aromatic carbocycles. The first kappa shape index (κ1) is 9.90. The average molecular weight is 220 g/mol. The summed E-state index contributed by atoms with van der Waals surface area (Å²) < 4.78 is 0. The first-order valence-corrected chi connectivity index (χ1v) is 7.29. The van der Waals surface area contributed by atoms with E-state index in [2.05, 4.69) is 16.7 Å². The van der Waals surface area contributed by atoms with Crippen LogP contribution in [0.15, 0.2) is 0 Å². The SMILES string of the molecule is CC1CC1N1CCCC12CN1CCC2CC1. The van der Waals surface area contributed by atoms with Crippen molar-refractivity contribution in [2.24, 2.45) is 11.8 Å². The molecule has 90 valence electrons. The Labute approximate surface area is 99.0 Å². The quantitative estimate of drug-likeness (QED) is 0.666. The van der Waals surface area contributed by atoms with Crippen LogP contribution in [0.1, 0.15) is 39.0 Å². The molecule has 16 heavy (non-hydrogen) atoms. The molecule has 4 aliphatic heterocycles. The minimum atomic E-state index is 0.631. The van der Waals surface area contributed by atoms with Crippen LogP contribution in [0.5, 0.6) is 0 Å². The summed E-state index contributed by atoms with van der Waals surface area (Å²) in [5.41, 5.74) is 0.631. The van der Waals surface area contributed by atoms with Gasteiger partial charge in [-0.25, -0.2) is 0 Å². The Morgan fingerprint density at radius 2 is 1.88 bits per heavy atom. The standard InChI is InChI=1S/C14H24N2/c1-11-9-13(11)16-6-2-5-14(16)10-15-7-3-12(14)4-8-15/h11-13H,2-10H2,1H3. The normalized spacial score (nSPS) is 56.1. The number of nitrogens with zero attached hydrogens (tertiary/aromatic N) is 2. The molecule has 3 atom stereocenters. The highest BCUT2D eigenvalue weighted by Gasteiger charge is 2.57. The van der Waals surface area contributed by atoms with E-state index < -0.39 is 0 Å². The third-order valence-electron chi connectivity index (χ3n) is 5.89. The Bertz CT molecular complexity index is 295. The van der Waals surface area contributed by atoms with E-state index >= 15 is 0 Å². The Kier molecular flexibility index (Phi) is 2.00. The van der Waals surface area contributed by atoms with Crippen LogP contribution in [0.2, 0.25) is 0 Å². The molecule has 2 heteroatoms. The highest BCUT2D eigenvalue weighted by molar-refractivity contribution is 5.12. The molecule has 5 fully saturated rings. The highest BCUT2D eigenvalue weighted by Crippen LogP contribution is 2.51. The molecule has 2 nitrogen and oxygen atoms in total. The van der Waals surface area contributed by atoms with Crippen molar-refractivity contribution in [1.82, 2.24) is 9.80 Å². The lowest BCUT2D eigenvalue weighted by molar-refractivity contribution is -0.0558. The molecule has 2 bridgehead atoms. The van der Waals surface area contributed by atoms with E-state index in [-0.39, 0.29) is 0 Å². The van der Waals surface area contributed by atoms with Crippen molar-refractivity contribution in [3.05, 3.63) is 0 Å². The van der Waals surface area contributed by atoms with Gasteiger partial charge in [0.1, 0.15) is 0 Å². The van der Waals surface area contributed by atoms with Crippen LogP contribution in [0.25, 0.3) is 0 Å². The summed E-state index contributed by atoms with van der Waals surface area (Å²) in [6, 6.07) is 0.961. The topological polar surface area (TPSA) is 6.48 Å². The van der Waals surface area contributed by atoms with Crippen LogP contribution in [0.3, 0.4) is 0 Å². The lowest BCUT2D eigenvalue weighted by Gasteiger charge is -2.56. The van der Waals surface area contributed by atoms with E-state index in [1.165, 1.54) is 58.3 Å². The maximum Gasteiger partial charge on any atom is 0.0369 e. The van der Waals surface area contributed by atoms with Gasteiger partial charge in [0.2, 0.25) is 0 Å². The van der Waals surface area contributed by atoms with Gasteiger partial charge in [-0.3, -0.25) is 4.90 Å².